The van der Waals surface area contributed by atoms with Gasteiger partial charge in [0.2, 0.25) is 0 Å². The zero-order valence-corrected chi connectivity index (χ0v) is 9.74. The van der Waals surface area contributed by atoms with Crippen LogP contribution in [0.4, 0.5) is 0 Å². The summed E-state index contributed by atoms with van der Waals surface area (Å²) in [7, 11) is 0. The fourth-order valence-electron chi connectivity index (χ4n) is 2.31. The third-order valence-electron chi connectivity index (χ3n) is 3.11. The highest BCUT2D eigenvalue weighted by atomic mass is 32.1. The summed E-state index contributed by atoms with van der Waals surface area (Å²) in [6.07, 6.45) is 0. The maximum Gasteiger partial charge on any atom is 0.0593 e. The molecule has 1 aliphatic rings. The lowest BCUT2D eigenvalue weighted by molar-refractivity contribution is 0.658. The summed E-state index contributed by atoms with van der Waals surface area (Å²) in [6.45, 7) is 0.947. The Bertz CT molecular complexity index is 522. The average Bonchev–Trinajstić information content (AvgIpc) is 2.74. The molecule has 1 unspecified atom stereocenters. The number of benzene rings is 2. The SMILES string of the molecule is Sc1ccccc1C1NCc2ccccc21. The van der Waals surface area contributed by atoms with Crippen molar-refractivity contribution in [3.8, 4) is 0 Å². The minimum atomic E-state index is 0.296. The van der Waals surface area contributed by atoms with Gasteiger partial charge in [-0.3, -0.25) is 0 Å². The molecule has 16 heavy (non-hydrogen) atoms. The molecule has 0 bridgehead atoms. The highest BCUT2D eigenvalue weighted by molar-refractivity contribution is 7.80. The van der Waals surface area contributed by atoms with Crippen LogP contribution < -0.4 is 5.32 Å². The van der Waals surface area contributed by atoms with Crippen LogP contribution in [0, 0.1) is 0 Å². The molecule has 0 spiro atoms. The molecule has 1 aliphatic heterocycles. The minimum absolute atomic E-state index is 0.296. The molecule has 3 rings (SSSR count). The van der Waals surface area contributed by atoms with Crippen LogP contribution in [0.3, 0.4) is 0 Å². The lowest BCUT2D eigenvalue weighted by Crippen LogP contribution is -2.13. The Hall–Kier alpha value is -1.25. The molecule has 0 radical (unpaired) electrons. The van der Waals surface area contributed by atoms with Crippen LogP contribution in [0.5, 0.6) is 0 Å². The maximum absolute atomic E-state index is 4.52. The van der Waals surface area contributed by atoms with Crippen LogP contribution in [0.25, 0.3) is 0 Å². The number of hydrogen-bond donors (Lipinski definition) is 2. The molecule has 1 atom stereocenters. The van der Waals surface area contributed by atoms with E-state index in [-0.39, 0.29) is 0 Å². The Balaban J connectivity index is 2.08. The van der Waals surface area contributed by atoms with Gasteiger partial charge in [-0.25, -0.2) is 0 Å². The normalized spacial score (nSPS) is 18.4. The Kier molecular flexibility index (Phi) is 2.46. The van der Waals surface area contributed by atoms with E-state index in [0.717, 1.165) is 11.4 Å². The van der Waals surface area contributed by atoms with Gasteiger partial charge in [-0.1, -0.05) is 42.5 Å². The lowest BCUT2D eigenvalue weighted by Gasteiger charge is -2.14. The minimum Gasteiger partial charge on any atom is -0.302 e. The van der Waals surface area contributed by atoms with E-state index in [0.29, 0.717) is 6.04 Å². The van der Waals surface area contributed by atoms with Gasteiger partial charge in [-0.2, -0.15) is 0 Å². The summed E-state index contributed by atoms with van der Waals surface area (Å²) in [5.74, 6) is 0. The van der Waals surface area contributed by atoms with Gasteiger partial charge in [0.15, 0.2) is 0 Å². The van der Waals surface area contributed by atoms with E-state index >= 15 is 0 Å². The van der Waals surface area contributed by atoms with E-state index in [1.807, 2.05) is 12.1 Å². The first-order chi connectivity index (χ1) is 7.86. The Morgan fingerprint density at radius 1 is 0.938 bits per heavy atom. The van der Waals surface area contributed by atoms with Crippen molar-refractivity contribution >= 4 is 12.6 Å². The maximum atomic E-state index is 4.52. The van der Waals surface area contributed by atoms with Crippen molar-refractivity contribution in [3.05, 3.63) is 65.2 Å². The van der Waals surface area contributed by atoms with Crippen molar-refractivity contribution in [2.24, 2.45) is 0 Å². The van der Waals surface area contributed by atoms with Crippen LogP contribution in [-0.4, -0.2) is 0 Å². The summed E-state index contributed by atoms with van der Waals surface area (Å²) in [6, 6.07) is 17.1. The van der Waals surface area contributed by atoms with Crippen molar-refractivity contribution in [2.45, 2.75) is 17.5 Å². The molecule has 0 saturated heterocycles. The first kappa shape index (κ1) is 9.94. The van der Waals surface area contributed by atoms with Crippen LogP contribution in [0.2, 0.25) is 0 Å². The van der Waals surface area contributed by atoms with Crippen molar-refractivity contribution < 1.29 is 0 Å². The second-order valence-electron chi connectivity index (χ2n) is 4.07. The zero-order valence-electron chi connectivity index (χ0n) is 8.85. The predicted octanol–water partition coefficient (Wildman–Crippen LogP) is 3.17. The van der Waals surface area contributed by atoms with Crippen LogP contribution in [-0.2, 0) is 6.54 Å². The topological polar surface area (TPSA) is 12.0 Å². The van der Waals surface area contributed by atoms with Gasteiger partial charge in [-0.05, 0) is 22.8 Å². The van der Waals surface area contributed by atoms with E-state index in [2.05, 4.69) is 54.3 Å². The van der Waals surface area contributed by atoms with Crippen molar-refractivity contribution in [1.29, 1.82) is 0 Å². The van der Waals surface area contributed by atoms with Crippen molar-refractivity contribution in [1.82, 2.24) is 5.32 Å². The summed E-state index contributed by atoms with van der Waals surface area (Å²) < 4.78 is 0. The summed E-state index contributed by atoms with van der Waals surface area (Å²) >= 11 is 4.52. The summed E-state index contributed by atoms with van der Waals surface area (Å²) in [4.78, 5) is 1.05. The molecule has 0 amide bonds. The molecule has 0 fully saturated rings. The molecule has 1 heterocycles. The number of nitrogens with one attached hydrogen (secondary N) is 1. The van der Waals surface area contributed by atoms with Crippen LogP contribution >= 0.6 is 12.6 Å². The molecule has 0 aliphatic carbocycles. The van der Waals surface area contributed by atoms with Gasteiger partial charge < -0.3 is 5.32 Å². The Labute approximate surface area is 101 Å². The van der Waals surface area contributed by atoms with E-state index in [4.69, 9.17) is 0 Å². The molecule has 0 aromatic heterocycles. The molecule has 2 aromatic carbocycles. The molecular weight excluding hydrogens is 214 g/mol. The van der Waals surface area contributed by atoms with Gasteiger partial charge in [0.25, 0.3) is 0 Å². The monoisotopic (exact) mass is 227 g/mol. The smallest absolute Gasteiger partial charge is 0.0593 e. The quantitative estimate of drug-likeness (QED) is 0.713. The van der Waals surface area contributed by atoms with Crippen molar-refractivity contribution in [3.63, 3.8) is 0 Å². The highest BCUT2D eigenvalue weighted by Crippen LogP contribution is 2.33. The molecule has 2 aromatic rings. The zero-order chi connectivity index (χ0) is 11.0. The highest BCUT2D eigenvalue weighted by Gasteiger charge is 2.23. The average molecular weight is 227 g/mol. The number of fused-ring (bicyclic) bond motifs is 1. The fraction of sp³-hybridized carbons (Fsp3) is 0.143. The molecule has 80 valence electrons. The fourth-order valence-corrected chi connectivity index (χ4v) is 2.60. The predicted molar refractivity (Wildman–Crippen MR) is 68.8 cm³/mol. The van der Waals surface area contributed by atoms with E-state index in [1.54, 1.807) is 0 Å². The van der Waals surface area contributed by atoms with Gasteiger partial charge in [0.1, 0.15) is 0 Å². The molecule has 2 heteroatoms. The third kappa shape index (κ3) is 1.55. The third-order valence-corrected chi connectivity index (χ3v) is 3.52. The standard InChI is InChI=1S/C14H13NS/c16-13-8-4-3-7-12(13)14-11-6-2-1-5-10(11)9-15-14/h1-8,14-16H,9H2. The van der Waals surface area contributed by atoms with Gasteiger partial charge in [-0.15, -0.1) is 12.6 Å². The summed E-state index contributed by atoms with van der Waals surface area (Å²) in [5.41, 5.74) is 4.03. The van der Waals surface area contributed by atoms with E-state index < -0.39 is 0 Å². The number of thiol groups is 1. The molecule has 1 nitrogen and oxygen atoms in total. The van der Waals surface area contributed by atoms with E-state index in [1.165, 1.54) is 16.7 Å². The van der Waals surface area contributed by atoms with Crippen molar-refractivity contribution in [2.75, 3.05) is 0 Å². The summed E-state index contributed by atoms with van der Waals surface area (Å²) in [5, 5.41) is 3.53. The van der Waals surface area contributed by atoms with Crippen LogP contribution in [0.15, 0.2) is 53.4 Å². The molecule has 0 saturated carbocycles. The second-order valence-corrected chi connectivity index (χ2v) is 4.55. The number of rotatable bonds is 1. The van der Waals surface area contributed by atoms with Gasteiger partial charge >= 0.3 is 0 Å². The largest absolute Gasteiger partial charge is 0.302 e. The number of hydrogen-bond acceptors (Lipinski definition) is 2. The van der Waals surface area contributed by atoms with Gasteiger partial charge in [0, 0.05) is 11.4 Å². The first-order valence-electron chi connectivity index (χ1n) is 5.45. The van der Waals surface area contributed by atoms with Crippen LogP contribution in [0.1, 0.15) is 22.7 Å². The second kappa shape index (κ2) is 3.96. The first-order valence-corrected chi connectivity index (χ1v) is 5.90. The van der Waals surface area contributed by atoms with Gasteiger partial charge in [0.05, 0.1) is 6.04 Å². The van der Waals surface area contributed by atoms with E-state index in [9.17, 15) is 0 Å². The molecular formula is C14H13NS. The Morgan fingerprint density at radius 2 is 1.62 bits per heavy atom. The Morgan fingerprint density at radius 3 is 2.44 bits per heavy atom. The molecule has 1 N–H and O–H groups in total. The lowest BCUT2D eigenvalue weighted by atomic mass is 9.99.